The lowest BCUT2D eigenvalue weighted by atomic mass is 9.98. The Morgan fingerprint density at radius 3 is 2.38 bits per heavy atom. The van der Waals surface area contributed by atoms with Crippen molar-refractivity contribution in [2.24, 2.45) is 5.92 Å². The van der Waals surface area contributed by atoms with Gasteiger partial charge in [0.15, 0.2) is 0 Å². The minimum absolute atomic E-state index is 0.157. The van der Waals surface area contributed by atoms with Crippen molar-refractivity contribution in [3.63, 3.8) is 0 Å². The number of nitrogens with one attached hydrogen (secondary N) is 2. The van der Waals surface area contributed by atoms with Crippen molar-refractivity contribution in [1.29, 1.82) is 0 Å². The number of hydrogen-bond donors (Lipinski definition) is 2. The van der Waals surface area contributed by atoms with Gasteiger partial charge in [0.05, 0.1) is 6.26 Å². The van der Waals surface area contributed by atoms with Crippen LogP contribution in [0.2, 0.25) is 0 Å². The normalized spacial score (nSPS) is 19.8. The van der Waals surface area contributed by atoms with Gasteiger partial charge in [-0.25, -0.2) is 8.42 Å². The third-order valence-corrected chi connectivity index (χ3v) is 2.57. The van der Waals surface area contributed by atoms with Crippen LogP contribution in [0.25, 0.3) is 0 Å². The van der Waals surface area contributed by atoms with E-state index in [2.05, 4.69) is 5.32 Å². The molecule has 1 aliphatic heterocycles. The standard InChI is InChI=1S/C7H14N2O3S/c1-13(11,12)9-7(10)6-2-4-8-5-3-6/h6,8H,2-5H2,1H3,(H,9,10). The van der Waals surface area contributed by atoms with E-state index in [-0.39, 0.29) is 11.8 Å². The minimum atomic E-state index is -3.39. The molecule has 1 saturated heterocycles. The zero-order valence-corrected chi connectivity index (χ0v) is 8.36. The molecule has 1 aliphatic rings. The average molecular weight is 206 g/mol. The van der Waals surface area contributed by atoms with E-state index in [9.17, 15) is 13.2 Å². The van der Waals surface area contributed by atoms with Crippen molar-refractivity contribution in [2.45, 2.75) is 12.8 Å². The molecule has 0 unspecified atom stereocenters. The maximum atomic E-state index is 11.3. The Morgan fingerprint density at radius 1 is 1.38 bits per heavy atom. The Bertz CT molecular complexity index is 280. The summed E-state index contributed by atoms with van der Waals surface area (Å²) in [6.07, 6.45) is 2.41. The Morgan fingerprint density at radius 2 is 1.92 bits per heavy atom. The Labute approximate surface area is 77.9 Å². The van der Waals surface area contributed by atoms with E-state index in [1.165, 1.54) is 0 Å². The van der Waals surface area contributed by atoms with Gasteiger partial charge >= 0.3 is 0 Å². The highest BCUT2D eigenvalue weighted by molar-refractivity contribution is 7.89. The van der Waals surface area contributed by atoms with Crippen LogP contribution in [-0.4, -0.2) is 33.7 Å². The van der Waals surface area contributed by atoms with E-state index in [0.717, 1.165) is 19.3 Å². The molecule has 0 spiro atoms. The van der Waals surface area contributed by atoms with E-state index >= 15 is 0 Å². The largest absolute Gasteiger partial charge is 0.317 e. The summed E-state index contributed by atoms with van der Waals surface area (Å²) < 4.78 is 23.5. The predicted octanol–water partition coefficient (Wildman–Crippen LogP) is -0.938. The van der Waals surface area contributed by atoms with Crippen molar-refractivity contribution >= 4 is 15.9 Å². The van der Waals surface area contributed by atoms with Gasteiger partial charge in [0.1, 0.15) is 0 Å². The summed E-state index contributed by atoms with van der Waals surface area (Å²) in [5.74, 6) is -0.528. The second kappa shape index (κ2) is 4.06. The summed E-state index contributed by atoms with van der Waals surface area (Å²) in [4.78, 5) is 11.3. The van der Waals surface area contributed by atoms with Crippen molar-refractivity contribution in [3.8, 4) is 0 Å². The Kier molecular flexibility index (Phi) is 3.27. The molecule has 1 amide bonds. The zero-order valence-electron chi connectivity index (χ0n) is 7.54. The molecule has 0 bridgehead atoms. The lowest BCUT2D eigenvalue weighted by Crippen LogP contribution is -2.40. The number of sulfonamides is 1. The second-order valence-corrected chi connectivity index (χ2v) is 5.01. The molecule has 5 nitrogen and oxygen atoms in total. The predicted molar refractivity (Wildman–Crippen MR) is 48.6 cm³/mol. The van der Waals surface area contributed by atoms with Gasteiger partial charge in [0, 0.05) is 5.92 Å². The average Bonchev–Trinajstić information content (AvgIpc) is 2.03. The van der Waals surface area contributed by atoms with E-state index in [4.69, 9.17) is 0 Å². The molecule has 1 heterocycles. The molecule has 0 saturated carbocycles. The van der Waals surface area contributed by atoms with E-state index in [0.29, 0.717) is 12.8 Å². The fraction of sp³-hybridized carbons (Fsp3) is 0.857. The lowest BCUT2D eigenvalue weighted by molar-refractivity contribution is -0.123. The SMILES string of the molecule is CS(=O)(=O)NC(=O)C1CCNCC1. The highest BCUT2D eigenvalue weighted by atomic mass is 32.2. The van der Waals surface area contributed by atoms with Crippen LogP contribution in [0, 0.1) is 5.92 Å². The summed E-state index contributed by atoms with van der Waals surface area (Å²) in [6.45, 7) is 1.56. The monoisotopic (exact) mass is 206 g/mol. The minimum Gasteiger partial charge on any atom is -0.317 e. The summed E-state index contributed by atoms with van der Waals surface area (Å²) in [6, 6.07) is 0. The summed E-state index contributed by atoms with van der Waals surface area (Å²) in [5, 5.41) is 3.10. The van der Waals surface area contributed by atoms with Gasteiger partial charge in [-0.1, -0.05) is 0 Å². The highest BCUT2D eigenvalue weighted by Gasteiger charge is 2.22. The van der Waals surface area contributed by atoms with Crippen LogP contribution in [0.4, 0.5) is 0 Å². The Balaban J connectivity index is 2.47. The molecule has 13 heavy (non-hydrogen) atoms. The molecule has 1 rings (SSSR count). The number of carbonyl (C=O) groups is 1. The van der Waals surface area contributed by atoms with E-state index < -0.39 is 10.0 Å². The number of carbonyl (C=O) groups excluding carboxylic acids is 1. The van der Waals surface area contributed by atoms with Gasteiger partial charge in [0.2, 0.25) is 15.9 Å². The van der Waals surface area contributed by atoms with E-state index in [1.54, 1.807) is 0 Å². The summed E-state index contributed by atoms with van der Waals surface area (Å²) in [5.41, 5.74) is 0. The van der Waals surface area contributed by atoms with Crippen molar-refractivity contribution < 1.29 is 13.2 Å². The maximum Gasteiger partial charge on any atom is 0.236 e. The lowest BCUT2D eigenvalue weighted by Gasteiger charge is -2.20. The van der Waals surface area contributed by atoms with Gasteiger partial charge in [0.25, 0.3) is 0 Å². The number of rotatable bonds is 2. The first-order valence-corrected chi connectivity index (χ1v) is 6.10. The number of piperidine rings is 1. The molecule has 0 aromatic carbocycles. The van der Waals surface area contributed by atoms with Crippen LogP contribution in [-0.2, 0) is 14.8 Å². The highest BCUT2D eigenvalue weighted by Crippen LogP contribution is 2.11. The van der Waals surface area contributed by atoms with Crippen LogP contribution in [0.5, 0.6) is 0 Å². The van der Waals surface area contributed by atoms with Crippen LogP contribution < -0.4 is 10.0 Å². The van der Waals surface area contributed by atoms with Gasteiger partial charge < -0.3 is 5.32 Å². The third kappa shape index (κ3) is 3.73. The topological polar surface area (TPSA) is 75.3 Å². The molecular formula is C7H14N2O3S. The Hall–Kier alpha value is -0.620. The van der Waals surface area contributed by atoms with Crippen LogP contribution in [0.15, 0.2) is 0 Å². The van der Waals surface area contributed by atoms with E-state index in [1.807, 2.05) is 4.72 Å². The van der Waals surface area contributed by atoms with Gasteiger partial charge in [-0.2, -0.15) is 0 Å². The first kappa shape index (κ1) is 10.5. The molecule has 76 valence electrons. The van der Waals surface area contributed by atoms with Gasteiger partial charge in [-0.15, -0.1) is 0 Å². The summed E-state index contributed by atoms with van der Waals surface area (Å²) in [7, 11) is -3.39. The quantitative estimate of drug-likeness (QED) is 0.611. The zero-order chi connectivity index (χ0) is 9.90. The first-order chi connectivity index (χ1) is 5.99. The smallest absolute Gasteiger partial charge is 0.236 e. The maximum absolute atomic E-state index is 11.3. The number of hydrogen-bond acceptors (Lipinski definition) is 4. The molecule has 0 radical (unpaired) electrons. The molecule has 1 fully saturated rings. The van der Waals surface area contributed by atoms with Crippen molar-refractivity contribution in [3.05, 3.63) is 0 Å². The van der Waals surface area contributed by atoms with Crippen LogP contribution >= 0.6 is 0 Å². The fourth-order valence-corrected chi connectivity index (χ4v) is 1.88. The number of amides is 1. The van der Waals surface area contributed by atoms with Crippen molar-refractivity contribution in [1.82, 2.24) is 10.0 Å². The molecule has 0 aromatic rings. The van der Waals surface area contributed by atoms with Gasteiger partial charge in [-0.3, -0.25) is 9.52 Å². The summed E-state index contributed by atoms with van der Waals surface area (Å²) >= 11 is 0. The molecule has 0 atom stereocenters. The van der Waals surface area contributed by atoms with Crippen LogP contribution in [0.3, 0.4) is 0 Å². The third-order valence-electron chi connectivity index (χ3n) is 2.00. The van der Waals surface area contributed by atoms with Crippen LogP contribution in [0.1, 0.15) is 12.8 Å². The first-order valence-electron chi connectivity index (χ1n) is 4.21. The molecule has 2 N–H and O–H groups in total. The molecular weight excluding hydrogens is 192 g/mol. The molecule has 6 heteroatoms. The fourth-order valence-electron chi connectivity index (χ4n) is 1.35. The molecule has 0 aromatic heterocycles. The van der Waals surface area contributed by atoms with Gasteiger partial charge in [-0.05, 0) is 25.9 Å². The van der Waals surface area contributed by atoms with Crippen molar-refractivity contribution in [2.75, 3.05) is 19.3 Å². The second-order valence-electron chi connectivity index (χ2n) is 3.26. The molecule has 0 aliphatic carbocycles.